The maximum absolute atomic E-state index is 6.17. The van der Waals surface area contributed by atoms with Gasteiger partial charge in [-0.2, -0.15) is 0 Å². The smallest absolute Gasteiger partial charge is 0.124 e. The average molecular weight is 333 g/mol. The quantitative estimate of drug-likeness (QED) is 0.758. The highest BCUT2D eigenvalue weighted by atomic mass is 79.9. The van der Waals surface area contributed by atoms with Gasteiger partial charge in [-0.15, -0.1) is 0 Å². The van der Waals surface area contributed by atoms with Crippen molar-refractivity contribution >= 4 is 15.9 Å². The Morgan fingerprint density at radius 2 is 2.00 bits per heavy atom. The highest BCUT2D eigenvalue weighted by Crippen LogP contribution is 2.43. The van der Waals surface area contributed by atoms with E-state index in [0.717, 1.165) is 23.2 Å². The molecule has 20 heavy (non-hydrogen) atoms. The molecule has 2 atom stereocenters. The van der Waals surface area contributed by atoms with Gasteiger partial charge in [-0.05, 0) is 30.2 Å². The summed E-state index contributed by atoms with van der Waals surface area (Å²) < 4.78 is 11.5. The van der Waals surface area contributed by atoms with Crippen molar-refractivity contribution in [1.29, 1.82) is 0 Å². The minimum atomic E-state index is 0.125. The molecular weight excluding hydrogens is 316 g/mol. The summed E-state index contributed by atoms with van der Waals surface area (Å²) in [5, 5.41) is 0.930. The summed E-state index contributed by atoms with van der Waals surface area (Å²) in [6.45, 7) is 0. The SMILES string of the molecule is COc1ccc2c(c1)C(CBr)CC(c1ccccc1)O2. The molecule has 0 spiro atoms. The summed E-state index contributed by atoms with van der Waals surface area (Å²) in [6, 6.07) is 16.5. The van der Waals surface area contributed by atoms with E-state index in [9.17, 15) is 0 Å². The maximum Gasteiger partial charge on any atom is 0.124 e. The van der Waals surface area contributed by atoms with Gasteiger partial charge in [0.05, 0.1) is 7.11 Å². The van der Waals surface area contributed by atoms with Crippen LogP contribution in [0.2, 0.25) is 0 Å². The highest BCUT2D eigenvalue weighted by Gasteiger charge is 2.28. The molecule has 3 rings (SSSR count). The van der Waals surface area contributed by atoms with E-state index in [2.05, 4.69) is 46.3 Å². The van der Waals surface area contributed by atoms with Crippen LogP contribution in [-0.4, -0.2) is 12.4 Å². The molecule has 0 N–H and O–H groups in total. The Balaban J connectivity index is 1.95. The van der Waals surface area contributed by atoms with Crippen LogP contribution in [0.5, 0.6) is 11.5 Å². The van der Waals surface area contributed by atoms with Gasteiger partial charge >= 0.3 is 0 Å². The van der Waals surface area contributed by atoms with Crippen molar-refractivity contribution in [1.82, 2.24) is 0 Å². The van der Waals surface area contributed by atoms with E-state index in [0.29, 0.717) is 5.92 Å². The monoisotopic (exact) mass is 332 g/mol. The third-order valence-electron chi connectivity index (χ3n) is 3.78. The van der Waals surface area contributed by atoms with Gasteiger partial charge in [-0.1, -0.05) is 46.3 Å². The van der Waals surface area contributed by atoms with E-state index in [4.69, 9.17) is 9.47 Å². The molecule has 0 aliphatic carbocycles. The van der Waals surface area contributed by atoms with Crippen molar-refractivity contribution in [2.75, 3.05) is 12.4 Å². The second-order valence-electron chi connectivity index (χ2n) is 5.01. The van der Waals surface area contributed by atoms with Crippen LogP contribution >= 0.6 is 15.9 Å². The molecule has 2 aromatic carbocycles. The lowest BCUT2D eigenvalue weighted by Crippen LogP contribution is -2.20. The summed E-state index contributed by atoms with van der Waals surface area (Å²) >= 11 is 3.63. The standard InChI is InChI=1S/C17H17BrO2/c1-19-14-7-8-16-15(10-14)13(11-18)9-17(20-16)12-5-3-2-4-6-12/h2-8,10,13,17H,9,11H2,1H3. The summed E-state index contributed by atoms with van der Waals surface area (Å²) in [5.41, 5.74) is 2.47. The van der Waals surface area contributed by atoms with Gasteiger partial charge in [-0.3, -0.25) is 0 Å². The maximum atomic E-state index is 6.17. The van der Waals surface area contributed by atoms with E-state index in [1.807, 2.05) is 18.2 Å². The van der Waals surface area contributed by atoms with Crippen LogP contribution in [0.4, 0.5) is 0 Å². The number of hydrogen-bond donors (Lipinski definition) is 0. The number of alkyl halides is 1. The topological polar surface area (TPSA) is 18.5 Å². The first-order chi connectivity index (χ1) is 9.81. The molecule has 0 saturated carbocycles. The van der Waals surface area contributed by atoms with Gasteiger partial charge in [0.25, 0.3) is 0 Å². The summed E-state index contributed by atoms with van der Waals surface area (Å²) in [4.78, 5) is 0. The molecule has 0 aromatic heterocycles. The number of hydrogen-bond acceptors (Lipinski definition) is 2. The zero-order valence-electron chi connectivity index (χ0n) is 11.4. The molecule has 1 aliphatic rings. The highest BCUT2D eigenvalue weighted by molar-refractivity contribution is 9.09. The van der Waals surface area contributed by atoms with Crippen molar-refractivity contribution in [3.05, 3.63) is 59.7 Å². The molecule has 0 bridgehead atoms. The Hall–Kier alpha value is -1.48. The molecule has 104 valence electrons. The fourth-order valence-corrected chi connectivity index (χ4v) is 3.30. The Morgan fingerprint density at radius 1 is 1.20 bits per heavy atom. The van der Waals surface area contributed by atoms with Gasteiger partial charge in [0.1, 0.15) is 17.6 Å². The Labute approximate surface area is 127 Å². The van der Waals surface area contributed by atoms with E-state index in [1.165, 1.54) is 11.1 Å². The molecule has 0 amide bonds. The van der Waals surface area contributed by atoms with Crippen LogP contribution in [0, 0.1) is 0 Å². The van der Waals surface area contributed by atoms with Gasteiger partial charge < -0.3 is 9.47 Å². The van der Waals surface area contributed by atoms with Crippen LogP contribution in [0.25, 0.3) is 0 Å². The largest absolute Gasteiger partial charge is 0.497 e. The molecule has 1 aliphatic heterocycles. The Morgan fingerprint density at radius 3 is 2.70 bits per heavy atom. The third kappa shape index (κ3) is 2.55. The molecular formula is C17H17BrO2. The van der Waals surface area contributed by atoms with Gasteiger partial charge in [0.2, 0.25) is 0 Å². The molecule has 0 saturated heterocycles. The number of rotatable bonds is 3. The number of benzene rings is 2. The molecule has 2 nitrogen and oxygen atoms in total. The lowest BCUT2D eigenvalue weighted by Gasteiger charge is -2.32. The predicted molar refractivity (Wildman–Crippen MR) is 84.0 cm³/mol. The second kappa shape index (κ2) is 5.88. The van der Waals surface area contributed by atoms with Gasteiger partial charge in [0, 0.05) is 16.8 Å². The average Bonchev–Trinajstić information content (AvgIpc) is 2.54. The number of fused-ring (bicyclic) bond motifs is 1. The molecule has 3 heteroatoms. The minimum absolute atomic E-state index is 0.125. The number of methoxy groups -OCH3 is 1. The summed E-state index contributed by atoms with van der Waals surface area (Å²) in [6.07, 6.45) is 1.11. The van der Waals surface area contributed by atoms with Crippen molar-refractivity contribution < 1.29 is 9.47 Å². The molecule has 2 aromatic rings. The Bertz CT molecular complexity index is 583. The van der Waals surface area contributed by atoms with Crippen LogP contribution in [-0.2, 0) is 0 Å². The first-order valence-electron chi connectivity index (χ1n) is 6.77. The number of ether oxygens (including phenoxy) is 2. The predicted octanol–water partition coefficient (Wildman–Crippen LogP) is 4.70. The van der Waals surface area contributed by atoms with Crippen molar-refractivity contribution in [3.63, 3.8) is 0 Å². The fourth-order valence-electron chi connectivity index (χ4n) is 2.68. The van der Waals surface area contributed by atoms with Crippen molar-refractivity contribution in [2.45, 2.75) is 18.4 Å². The van der Waals surface area contributed by atoms with Crippen molar-refractivity contribution in [2.24, 2.45) is 0 Å². The normalized spacial score (nSPS) is 20.9. The Kier molecular flexibility index (Phi) is 3.97. The van der Waals surface area contributed by atoms with Crippen LogP contribution < -0.4 is 9.47 Å². The fraction of sp³-hybridized carbons (Fsp3) is 0.294. The summed E-state index contributed by atoms with van der Waals surface area (Å²) in [7, 11) is 1.70. The third-order valence-corrected chi connectivity index (χ3v) is 4.56. The molecule has 2 unspecified atom stereocenters. The lowest BCUT2D eigenvalue weighted by atomic mass is 9.88. The van der Waals surface area contributed by atoms with Gasteiger partial charge in [0.15, 0.2) is 0 Å². The van der Waals surface area contributed by atoms with E-state index in [1.54, 1.807) is 7.11 Å². The first-order valence-corrected chi connectivity index (χ1v) is 7.89. The zero-order chi connectivity index (χ0) is 13.9. The summed E-state index contributed by atoms with van der Waals surface area (Å²) in [5.74, 6) is 2.30. The van der Waals surface area contributed by atoms with Crippen LogP contribution in [0.15, 0.2) is 48.5 Å². The number of halogens is 1. The zero-order valence-corrected chi connectivity index (χ0v) is 13.0. The van der Waals surface area contributed by atoms with Gasteiger partial charge in [-0.25, -0.2) is 0 Å². The lowest BCUT2D eigenvalue weighted by molar-refractivity contribution is 0.164. The van der Waals surface area contributed by atoms with E-state index >= 15 is 0 Å². The molecule has 0 radical (unpaired) electrons. The first kappa shape index (κ1) is 13.5. The van der Waals surface area contributed by atoms with Crippen LogP contribution in [0.1, 0.15) is 29.6 Å². The molecule has 1 heterocycles. The second-order valence-corrected chi connectivity index (χ2v) is 5.66. The van der Waals surface area contributed by atoms with E-state index < -0.39 is 0 Å². The molecule has 0 fully saturated rings. The van der Waals surface area contributed by atoms with E-state index in [-0.39, 0.29) is 6.10 Å². The van der Waals surface area contributed by atoms with Crippen molar-refractivity contribution in [3.8, 4) is 11.5 Å². The van der Waals surface area contributed by atoms with Crippen LogP contribution in [0.3, 0.4) is 0 Å². The minimum Gasteiger partial charge on any atom is -0.497 e.